The van der Waals surface area contributed by atoms with Gasteiger partial charge in [0, 0.05) is 24.2 Å². The summed E-state index contributed by atoms with van der Waals surface area (Å²) in [6, 6.07) is 12.2. The van der Waals surface area contributed by atoms with Crippen LogP contribution in [0.3, 0.4) is 0 Å². The standard InChI is InChI=1S/C20H19N3O5S3/c21-31(27,28)15-9-7-14(8-10-15)22-18(25)6-3-11-23-19(26)17(30-20(23)29)12-13-4-1-2-5-16(13)24/h1-2,4-5,7-10,12,24H,3,6,11H2,(H,22,25)(H2,21,27,28)/b17-12-. The van der Waals surface area contributed by atoms with Gasteiger partial charge in [-0.15, -0.1) is 0 Å². The van der Waals surface area contributed by atoms with Gasteiger partial charge in [-0.05, 0) is 42.8 Å². The zero-order valence-corrected chi connectivity index (χ0v) is 18.6. The maximum Gasteiger partial charge on any atom is 0.266 e. The minimum atomic E-state index is -3.79. The number of phenolic OH excluding ortho intramolecular Hbond substituents is 1. The number of phenols is 1. The number of benzene rings is 2. The molecule has 1 fully saturated rings. The molecule has 1 aliphatic heterocycles. The van der Waals surface area contributed by atoms with Gasteiger partial charge in [-0.1, -0.05) is 42.2 Å². The van der Waals surface area contributed by atoms with Crippen molar-refractivity contribution in [2.45, 2.75) is 17.7 Å². The molecule has 3 rings (SSSR count). The molecule has 4 N–H and O–H groups in total. The van der Waals surface area contributed by atoms with E-state index in [4.69, 9.17) is 17.4 Å². The van der Waals surface area contributed by atoms with E-state index in [2.05, 4.69) is 5.32 Å². The van der Waals surface area contributed by atoms with E-state index < -0.39 is 10.0 Å². The summed E-state index contributed by atoms with van der Waals surface area (Å²) in [5, 5.41) is 17.6. The van der Waals surface area contributed by atoms with E-state index in [1.54, 1.807) is 24.3 Å². The Bertz CT molecular complexity index is 1160. The fourth-order valence-corrected chi connectivity index (χ4v) is 4.61. The molecule has 1 saturated heterocycles. The molecule has 2 aromatic rings. The van der Waals surface area contributed by atoms with Crippen LogP contribution in [0.25, 0.3) is 6.08 Å². The third-order valence-electron chi connectivity index (χ3n) is 4.35. The van der Waals surface area contributed by atoms with Gasteiger partial charge >= 0.3 is 0 Å². The predicted molar refractivity (Wildman–Crippen MR) is 124 cm³/mol. The lowest BCUT2D eigenvalue weighted by Crippen LogP contribution is -2.29. The van der Waals surface area contributed by atoms with Gasteiger partial charge in [0.1, 0.15) is 10.1 Å². The number of nitrogens with two attached hydrogens (primary N) is 1. The SMILES string of the molecule is NS(=O)(=O)c1ccc(NC(=O)CCCN2C(=O)/C(=C/c3ccccc3O)SC2=S)cc1. The van der Waals surface area contributed by atoms with Crippen LogP contribution >= 0.6 is 24.0 Å². The molecule has 8 nitrogen and oxygen atoms in total. The van der Waals surface area contributed by atoms with E-state index in [1.807, 2.05) is 0 Å². The van der Waals surface area contributed by atoms with E-state index in [1.165, 1.54) is 35.2 Å². The first kappa shape index (κ1) is 22.9. The molecule has 0 spiro atoms. The largest absolute Gasteiger partial charge is 0.507 e. The number of primary sulfonamides is 1. The van der Waals surface area contributed by atoms with Gasteiger partial charge in [0.2, 0.25) is 15.9 Å². The Labute approximate surface area is 189 Å². The third-order valence-corrected chi connectivity index (χ3v) is 6.66. The number of carbonyl (C=O) groups is 2. The van der Waals surface area contributed by atoms with Crippen molar-refractivity contribution < 1.29 is 23.1 Å². The Morgan fingerprint density at radius 3 is 2.52 bits per heavy atom. The van der Waals surface area contributed by atoms with Crippen LogP contribution in [0.15, 0.2) is 58.3 Å². The van der Waals surface area contributed by atoms with Gasteiger partial charge in [-0.2, -0.15) is 0 Å². The van der Waals surface area contributed by atoms with E-state index in [0.29, 0.717) is 26.9 Å². The number of thiocarbonyl (C=S) groups is 1. The molecular formula is C20H19N3O5S3. The summed E-state index contributed by atoms with van der Waals surface area (Å²) in [5.74, 6) is -0.475. The Morgan fingerprint density at radius 1 is 1.19 bits per heavy atom. The average molecular weight is 478 g/mol. The van der Waals surface area contributed by atoms with Crippen molar-refractivity contribution in [2.24, 2.45) is 5.14 Å². The molecule has 0 unspecified atom stereocenters. The number of carbonyl (C=O) groups excluding carboxylic acids is 2. The highest BCUT2D eigenvalue weighted by molar-refractivity contribution is 8.26. The Balaban J connectivity index is 1.53. The number of rotatable bonds is 7. The minimum absolute atomic E-state index is 0.0447. The number of hydrogen-bond donors (Lipinski definition) is 3. The molecule has 11 heteroatoms. The third kappa shape index (κ3) is 5.91. The molecule has 2 aromatic carbocycles. The first-order valence-corrected chi connectivity index (χ1v) is 11.9. The lowest BCUT2D eigenvalue weighted by molar-refractivity contribution is -0.122. The maximum atomic E-state index is 12.6. The quantitative estimate of drug-likeness (QED) is 0.413. The molecule has 1 aliphatic rings. The van der Waals surface area contributed by atoms with Crippen LogP contribution in [0, 0.1) is 0 Å². The summed E-state index contributed by atoms with van der Waals surface area (Å²) in [7, 11) is -3.79. The average Bonchev–Trinajstić information content (AvgIpc) is 2.97. The summed E-state index contributed by atoms with van der Waals surface area (Å²) in [6.07, 6.45) is 2.12. The van der Waals surface area contributed by atoms with Gasteiger partial charge in [-0.25, -0.2) is 13.6 Å². The van der Waals surface area contributed by atoms with Crippen molar-refractivity contribution in [3.8, 4) is 5.75 Å². The number of para-hydroxylation sites is 1. The molecule has 1 heterocycles. The number of anilines is 1. The van der Waals surface area contributed by atoms with Gasteiger partial charge < -0.3 is 10.4 Å². The number of nitrogens with zero attached hydrogens (tertiary/aromatic N) is 1. The highest BCUT2D eigenvalue weighted by Crippen LogP contribution is 2.34. The van der Waals surface area contributed by atoms with Crippen molar-refractivity contribution in [3.63, 3.8) is 0 Å². The van der Waals surface area contributed by atoms with Gasteiger partial charge in [0.05, 0.1) is 9.80 Å². The monoisotopic (exact) mass is 477 g/mol. The normalized spacial score (nSPS) is 15.5. The highest BCUT2D eigenvalue weighted by Gasteiger charge is 2.31. The molecule has 31 heavy (non-hydrogen) atoms. The van der Waals surface area contributed by atoms with E-state index >= 15 is 0 Å². The van der Waals surface area contributed by atoms with Crippen molar-refractivity contribution in [3.05, 3.63) is 59.0 Å². The van der Waals surface area contributed by atoms with Crippen molar-refractivity contribution >= 4 is 61.9 Å². The van der Waals surface area contributed by atoms with E-state index in [0.717, 1.165) is 11.8 Å². The highest BCUT2D eigenvalue weighted by atomic mass is 32.2. The molecule has 2 amide bonds. The van der Waals surface area contributed by atoms with Crippen LogP contribution in [0.1, 0.15) is 18.4 Å². The Hall–Kier alpha value is -2.73. The molecule has 0 aromatic heterocycles. The molecule has 0 atom stereocenters. The first-order valence-electron chi connectivity index (χ1n) is 9.11. The van der Waals surface area contributed by atoms with Crippen molar-refractivity contribution in [2.75, 3.05) is 11.9 Å². The lowest BCUT2D eigenvalue weighted by Gasteiger charge is -2.14. The zero-order chi connectivity index (χ0) is 22.6. The van der Waals surface area contributed by atoms with Crippen LogP contribution in [-0.4, -0.2) is 41.1 Å². The predicted octanol–water partition coefficient (Wildman–Crippen LogP) is 2.66. The van der Waals surface area contributed by atoms with Crippen molar-refractivity contribution in [1.29, 1.82) is 0 Å². The van der Waals surface area contributed by atoms with E-state index in [9.17, 15) is 23.1 Å². The Kier molecular flexibility index (Phi) is 7.11. The van der Waals surface area contributed by atoms with Gasteiger partial charge in [0.25, 0.3) is 5.91 Å². The summed E-state index contributed by atoms with van der Waals surface area (Å²) in [5.41, 5.74) is 0.962. The topological polar surface area (TPSA) is 130 Å². The number of nitrogens with one attached hydrogen (secondary N) is 1. The number of hydrogen-bond acceptors (Lipinski definition) is 7. The van der Waals surface area contributed by atoms with Gasteiger partial charge in [0.15, 0.2) is 0 Å². The molecular weight excluding hydrogens is 458 g/mol. The number of thioether (sulfide) groups is 1. The van der Waals surface area contributed by atoms with Crippen LogP contribution in [0.5, 0.6) is 5.75 Å². The van der Waals surface area contributed by atoms with Gasteiger partial charge in [-0.3, -0.25) is 14.5 Å². The molecule has 0 saturated carbocycles. The molecule has 162 valence electrons. The lowest BCUT2D eigenvalue weighted by atomic mass is 10.2. The van der Waals surface area contributed by atoms with Crippen LogP contribution in [0.4, 0.5) is 5.69 Å². The number of aromatic hydroxyl groups is 1. The number of amides is 2. The number of sulfonamides is 1. The fourth-order valence-electron chi connectivity index (χ4n) is 2.79. The second-order valence-corrected chi connectivity index (χ2v) is 9.85. The summed E-state index contributed by atoms with van der Waals surface area (Å²) in [4.78, 5) is 26.6. The first-order chi connectivity index (χ1) is 14.6. The maximum absolute atomic E-state index is 12.6. The smallest absolute Gasteiger partial charge is 0.266 e. The summed E-state index contributed by atoms with van der Waals surface area (Å²) >= 11 is 6.42. The minimum Gasteiger partial charge on any atom is -0.507 e. The molecule has 0 aliphatic carbocycles. The second-order valence-electron chi connectivity index (χ2n) is 6.61. The molecule has 0 radical (unpaired) electrons. The summed E-state index contributed by atoms with van der Waals surface area (Å²) in [6.45, 7) is 0.278. The van der Waals surface area contributed by atoms with Crippen LogP contribution in [0.2, 0.25) is 0 Å². The second kappa shape index (κ2) is 9.60. The van der Waals surface area contributed by atoms with Crippen LogP contribution < -0.4 is 10.5 Å². The Morgan fingerprint density at radius 2 is 1.87 bits per heavy atom. The van der Waals surface area contributed by atoms with E-state index in [-0.39, 0.29) is 35.4 Å². The fraction of sp³-hybridized carbons (Fsp3) is 0.150. The molecule has 0 bridgehead atoms. The van der Waals surface area contributed by atoms with Crippen LogP contribution in [-0.2, 0) is 19.6 Å². The van der Waals surface area contributed by atoms with Crippen molar-refractivity contribution in [1.82, 2.24) is 4.90 Å². The summed E-state index contributed by atoms with van der Waals surface area (Å²) < 4.78 is 22.9. The zero-order valence-electron chi connectivity index (χ0n) is 16.1.